The SMILES string of the molecule is C=C(C)COCCC[Si](Cl)(Cl)OCC. The van der Waals surface area contributed by atoms with Crippen molar-refractivity contribution in [2.45, 2.75) is 26.3 Å². The van der Waals surface area contributed by atoms with Crippen molar-refractivity contribution >= 4 is 29.1 Å². The zero-order chi connectivity index (χ0) is 11.0. The Morgan fingerprint density at radius 1 is 1.43 bits per heavy atom. The molecule has 0 aromatic heterocycles. The average Bonchev–Trinajstić information content (AvgIpc) is 2.02. The minimum absolute atomic E-state index is 0.575. The van der Waals surface area contributed by atoms with Crippen LogP contribution in [0.4, 0.5) is 0 Å². The van der Waals surface area contributed by atoms with Crippen LogP contribution in [0.25, 0.3) is 0 Å². The molecule has 0 amide bonds. The molecule has 0 bridgehead atoms. The number of hydrogen-bond donors (Lipinski definition) is 0. The predicted molar refractivity (Wildman–Crippen MR) is 64.1 cm³/mol. The lowest BCUT2D eigenvalue weighted by Crippen LogP contribution is -2.24. The Morgan fingerprint density at radius 2 is 2.07 bits per heavy atom. The fraction of sp³-hybridized carbons (Fsp3) is 0.778. The van der Waals surface area contributed by atoms with Crippen LogP contribution in [0.5, 0.6) is 0 Å². The van der Waals surface area contributed by atoms with Crippen LogP contribution in [0.2, 0.25) is 6.04 Å². The van der Waals surface area contributed by atoms with Crippen molar-refractivity contribution in [3.63, 3.8) is 0 Å². The normalized spacial score (nSPS) is 11.7. The lowest BCUT2D eigenvalue weighted by atomic mass is 10.4. The van der Waals surface area contributed by atoms with Crippen molar-refractivity contribution in [1.29, 1.82) is 0 Å². The van der Waals surface area contributed by atoms with Gasteiger partial charge in [0.2, 0.25) is 0 Å². The van der Waals surface area contributed by atoms with E-state index < -0.39 is 6.94 Å². The van der Waals surface area contributed by atoms with E-state index in [1.54, 1.807) is 0 Å². The van der Waals surface area contributed by atoms with Crippen LogP contribution in [0.15, 0.2) is 12.2 Å². The topological polar surface area (TPSA) is 18.5 Å². The standard InChI is InChI=1S/C9H18Cl2O2Si/c1-4-13-14(10,11)7-5-6-12-8-9(2)3/h2,4-8H2,1,3H3. The van der Waals surface area contributed by atoms with Gasteiger partial charge in [-0.1, -0.05) is 12.2 Å². The Morgan fingerprint density at radius 3 is 2.57 bits per heavy atom. The first-order valence-corrected chi connectivity index (χ1v) is 8.85. The average molecular weight is 257 g/mol. The fourth-order valence-electron chi connectivity index (χ4n) is 0.910. The monoisotopic (exact) mass is 256 g/mol. The Bertz CT molecular complexity index is 174. The molecule has 0 heterocycles. The van der Waals surface area contributed by atoms with Crippen LogP contribution in [0.3, 0.4) is 0 Å². The number of halogens is 2. The number of rotatable bonds is 8. The minimum Gasteiger partial charge on any atom is -0.393 e. The van der Waals surface area contributed by atoms with E-state index in [9.17, 15) is 0 Å². The van der Waals surface area contributed by atoms with Gasteiger partial charge in [-0.05, 0) is 26.3 Å². The van der Waals surface area contributed by atoms with E-state index in [1.807, 2.05) is 13.8 Å². The summed E-state index contributed by atoms with van der Waals surface area (Å²) in [5, 5.41) is 0. The van der Waals surface area contributed by atoms with Crippen LogP contribution in [-0.2, 0) is 9.16 Å². The first-order chi connectivity index (χ1) is 6.48. The maximum absolute atomic E-state index is 5.99. The van der Waals surface area contributed by atoms with Crippen LogP contribution in [-0.4, -0.2) is 26.8 Å². The van der Waals surface area contributed by atoms with Crippen molar-refractivity contribution in [2.75, 3.05) is 19.8 Å². The van der Waals surface area contributed by atoms with Crippen molar-refractivity contribution < 1.29 is 9.16 Å². The van der Waals surface area contributed by atoms with Crippen molar-refractivity contribution in [3.05, 3.63) is 12.2 Å². The summed E-state index contributed by atoms with van der Waals surface area (Å²) in [6.45, 7) is 6.97. The van der Waals surface area contributed by atoms with Gasteiger partial charge in [-0.15, -0.1) is 22.2 Å². The van der Waals surface area contributed by atoms with Gasteiger partial charge in [0.25, 0.3) is 0 Å². The number of hydrogen-bond acceptors (Lipinski definition) is 2. The molecule has 0 unspecified atom stereocenters. The molecule has 2 nitrogen and oxygen atoms in total. The van der Waals surface area contributed by atoms with Gasteiger partial charge in [-0.3, -0.25) is 0 Å². The van der Waals surface area contributed by atoms with Gasteiger partial charge < -0.3 is 9.16 Å². The molecule has 5 heteroatoms. The summed E-state index contributed by atoms with van der Waals surface area (Å²) in [6, 6.07) is 0.708. The molecule has 0 aromatic rings. The van der Waals surface area contributed by atoms with Crippen LogP contribution < -0.4 is 0 Å². The summed E-state index contributed by atoms with van der Waals surface area (Å²) >= 11 is 12.0. The molecular weight excluding hydrogens is 239 g/mol. The largest absolute Gasteiger partial charge is 0.393 e. The van der Waals surface area contributed by atoms with Gasteiger partial charge >= 0.3 is 6.94 Å². The summed E-state index contributed by atoms with van der Waals surface area (Å²) in [6.07, 6.45) is 0.840. The molecule has 0 saturated heterocycles. The summed E-state index contributed by atoms with van der Waals surface area (Å²) in [4.78, 5) is 0. The van der Waals surface area contributed by atoms with Crippen molar-refractivity contribution in [2.24, 2.45) is 0 Å². The van der Waals surface area contributed by atoms with Crippen LogP contribution in [0.1, 0.15) is 20.3 Å². The summed E-state index contributed by atoms with van der Waals surface area (Å²) < 4.78 is 10.6. The van der Waals surface area contributed by atoms with E-state index >= 15 is 0 Å². The second-order valence-electron chi connectivity index (χ2n) is 3.18. The summed E-state index contributed by atoms with van der Waals surface area (Å²) in [7, 11) is 0. The Kier molecular flexibility index (Phi) is 7.96. The lowest BCUT2D eigenvalue weighted by Gasteiger charge is -2.15. The molecule has 84 valence electrons. The summed E-state index contributed by atoms with van der Waals surface area (Å²) in [5.74, 6) is 0. The highest BCUT2D eigenvalue weighted by atomic mass is 35.7. The first kappa shape index (κ1) is 14.5. The van der Waals surface area contributed by atoms with E-state index in [-0.39, 0.29) is 0 Å². The second-order valence-corrected chi connectivity index (χ2v) is 9.49. The van der Waals surface area contributed by atoms with Crippen LogP contribution >= 0.6 is 22.2 Å². The molecule has 0 radical (unpaired) electrons. The third-order valence-electron chi connectivity index (χ3n) is 1.46. The highest BCUT2D eigenvalue weighted by Crippen LogP contribution is 2.23. The van der Waals surface area contributed by atoms with Gasteiger partial charge in [0.1, 0.15) is 0 Å². The molecule has 0 spiro atoms. The molecule has 0 aliphatic heterocycles. The fourth-order valence-corrected chi connectivity index (χ4v) is 3.49. The maximum Gasteiger partial charge on any atom is 0.389 e. The number of ether oxygens (including phenoxy) is 1. The third kappa shape index (κ3) is 9.03. The van der Waals surface area contributed by atoms with E-state index in [4.69, 9.17) is 31.3 Å². The summed E-state index contributed by atoms with van der Waals surface area (Å²) in [5.41, 5.74) is 1.02. The molecule has 0 aliphatic rings. The van der Waals surface area contributed by atoms with Gasteiger partial charge in [0.15, 0.2) is 0 Å². The highest BCUT2D eigenvalue weighted by Gasteiger charge is 2.29. The van der Waals surface area contributed by atoms with E-state index in [0.717, 1.165) is 12.0 Å². The second kappa shape index (κ2) is 7.71. The van der Waals surface area contributed by atoms with E-state index in [0.29, 0.717) is 25.9 Å². The molecular formula is C9H18Cl2O2Si. The molecule has 0 aliphatic carbocycles. The zero-order valence-electron chi connectivity index (χ0n) is 8.82. The Labute approximate surface area is 96.7 Å². The molecule has 0 N–H and O–H groups in total. The molecule has 0 atom stereocenters. The Balaban J connectivity index is 3.39. The van der Waals surface area contributed by atoms with Crippen LogP contribution in [0, 0.1) is 0 Å². The first-order valence-electron chi connectivity index (χ1n) is 4.72. The smallest absolute Gasteiger partial charge is 0.389 e. The predicted octanol–water partition coefficient (Wildman–Crippen LogP) is 3.42. The van der Waals surface area contributed by atoms with Gasteiger partial charge in [0, 0.05) is 13.2 Å². The van der Waals surface area contributed by atoms with Crippen molar-refractivity contribution in [3.8, 4) is 0 Å². The third-order valence-corrected chi connectivity index (χ3v) is 4.90. The quantitative estimate of drug-likeness (QED) is 0.287. The maximum atomic E-state index is 5.99. The van der Waals surface area contributed by atoms with E-state index in [2.05, 4.69) is 6.58 Å². The Hall–Kier alpha value is 0.457. The minimum atomic E-state index is -2.44. The molecule has 0 rings (SSSR count). The molecule has 14 heavy (non-hydrogen) atoms. The zero-order valence-corrected chi connectivity index (χ0v) is 11.3. The van der Waals surface area contributed by atoms with E-state index in [1.165, 1.54) is 0 Å². The molecule has 0 saturated carbocycles. The van der Waals surface area contributed by atoms with Gasteiger partial charge in [-0.25, -0.2) is 0 Å². The molecule has 0 aromatic carbocycles. The van der Waals surface area contributed by atoms with Gasteiger partial charge in [-0.2, -0.15) is 0 Å². The molecule has 0 fully saturated rings. The highest BCUT2D eigenvalue weighted by molar-refractivity contribution is 7.42. The van der Waals surface area contributed by atoms with Gasteiger partial charge in [0.05, 0.1) is 6.61 Å². The lowest BCUT2D eigenvalue weighted by molar-refractivity contribution is 0.156. The van der Waals surface area contributed by atoms with Crippen molar-refractivity contribution in [1.82, 2.24) is 0 Å².